The van der Waals surface area contributed by atoms with Gasteiger partial charge in [-0.25, -0.2) is 4.79 Å². The monoisotopic (exact) mass is 303 g/mol. The van der Waals surface area contributed by atoms with Crippen molar-refractivity contribution in [2.24, 2.45) is 11.7 Å². The number of hydrogen-bond acceptors (Lipinski definition) is 2. The fraction of sp³-hybridized carbons (Fsp3) is 0.529. The summed E-state index contributed by atoms with van der Waals surface area (Å²) in [6.07, 6.45) is 4.59. The van der Waals surface area contributed by atoms with Crippen LogP contribution in [0.25, 0.3) is 0 Å². The summed E-state index contributed by atoms with van der Waals surface area (Å²) in [6.45, 7) is 2.25. The Labute approximate surface area is 131 Å². The van der Waals surface area contributed by atoms with Crippen LogP contribution >= 0.6 is 0 Å². The topological polar surface area (TPSA) is 84.2 Å². The van der Waals surface area contributed by atoms with Gasteiger partial charge in [0.1, 0.15) is 0 Å². The fourth-order valence-corrected chi connectivity index (χ4v) is 2.99. The van der Waals surface area contributed by atoms with Gasteiger partial charge in [0.25, 0.3) is 0 Å². The predicted molar refractivity (Wildman–Crippen MR) is 86.1 cm³/mol. The van der Waals surface area contributed by atoms with Crippen LogP contribution in [0.15, 0.2) is 30.3 Å². The van der Waals surface area contributed by atoms with Crippen LogP contribution in [0.2, 0.25) is 0 Å². The summed E-state index contributed by atoms with van der Waals surface area (Å²) in [4.78, 5) is 23.4. The fourth-order valence-electron chi connectivity index (χ4n) is 2.99. The quantitative estimate of drug-likeness (QED) is 0.780. The van der Waals surface area contributed by atoms with Crippen molar-refractivity contribution in [3.05, 3.63) is 35.9 Å². The Morgan fingerprint density at radius 2 is 1.82 bits per heavy atom. The number of nitrogens with one attached hydrogen (secondary N) is 2. The third-order valence-corrected chi connectivity index (χ3v) is 4.29. The Kier molecular flexibility index (Phi) is 5.81. The highest BCUT2D eigenvalue weighted by molar-refractivity contribution is 5.79. The standard InChI is InChI=1S/C17H25N3O2/c1-12-7-9-14(10-8-12)19-16(21)11-15(20-17(18)22)13-5-3-2-4-6-13/h2-6,12,14-15H,7-11H2,1H3,(H,19,21)(H3,18,20,22)/t12?,14?,15-/m0/s1. The third-order valence-electron chi connectivity index (χ3n) is 4.29. The van der Waals surface area contributed by atoms with Gasteiger partial charge in [0.15, 0.2) is 0 Å². The molecule has 1 aromatic rings. The van der Waals surface area contributed by atoms with Gasteiger partial charge < -0.3 is 16.4 Å². The molecule has 1 fully saturated rings. The average Bonchev–Trinajstić information content (AvgIpc) is 2.49. The van der Waals surface area contributed by atoms with Gasteiger partial charge in [0, 0.05) is 6.04 Å². The van der Waals surface area contributed by atoms with Gasteiger partial charge in [-0.2, -0.15) is 0 Å². The molecule has 1 aliphatic rings. The highest BCUT2D eigenvalue weighted by Crippen LogP contribution is 2.24. The summed E-state index contributed by atoms with van der Waals surface area (Å²) < 4.78 is 0. The molecule has 0 unspecified atom stereocenters. The van der Waals surface area contributed by atoms with Crippen molar-refractivity contribution < 1.29 is 9.59 Å². The van der Waals surface area contributed by atoms with Crippen molar-refractivity contribution in [2.45, 2.75) is 51.1 Å². The molecule has 1 aromatic carbocycles. The molecule has 0 bridgehead atoms. The van der Waals surface area contributed by atoms with E-state index in [-0.39, 0.29) is 24.4 Å². The minimum absolute atomic E-state index is 0.0397. The van der Waals surface area contributed by atoms with Gasteiger partial charge in [-0.1, -0.05) is 37.3 Å². The molecule has 5 nitrogen and oxygen atoms in total. The smallest absolute Gasteiger partial charge is 0.312 e. The lowest BCUT2D eigenvalue weighted by atomic mass is 9.87. The first-order valence-corrected chi connectivity index (χ1v) is 7.95. The van der Waals surface area contributed by atoms with Crippen molar-refractivity contribution in [3.63, 3.8) is 0 Å². The molecule has 22 heavy (non-hydrogen) atoms. The maximum atomic E-state index is 12.3. The molecule has 0 radical (unpaired) electrons. The van der Waals surface area contributed by atoms with E-state index >= 15 is 0 Å². The van der Waals surface area contributed by atoms with Gasteiger partial charge in [0.2, 0.25) is 5.91 Å². The first kappa shape index (κ1) is 16.3. The molecule has 1 saturated carbocycles. The highest BCUT2D eigenvalue weighted by atomic mass is 16.2. The van der Waals surface area contributed by atoms with Crippen LogP contribution in [0.3, 0.4) is 0 Å². The molecule has 0 heterocycles. The van der Waals surface area contributed by atoms with Crippen LogP contribution in [0.4, 0.5) is 4.79 Å². The minimum atomic E-state index is -0.617. The Hall–Kier alpha value is -2.04. The summed E-state index contributed by atoms with van der Waals surface area (Å²) in [6, 6.07) is 8.68. The summed E-state index contributed by atoms with van der Waals surface area (Å²) in [5.74, 6) is 0.712. The second-order valence-electron chi connectivity index (χ2n) is 6.20. The molecule has 0 spiro atoms. The molecule has 4 N–H and O–H groups in total. The van der Waals surface area contributed by atoms with E-state index in [4.69, 9.17) is 5.73 Å². The van der Waals surface area contributed by atoms with Gasteiger partial charge in [0.05, 0.1) is 12.5 Å². The van der Waals surface area contributed by atoms with Gasteiger partial charge >= 0.3 is 6.03 Å². The Morgan fingerprint density at radius 3 is 2.41 bits per heavy atom. The second kappa shape index (κ2) is 7.82. The number of hydrogen-bond donors (Lipinski definition) is 3. The van der Waals surface area contributed by atoms with Crippen molar-refractivity contribution in [3.8, 4) is 0 Å². The number of carbonyl (C=O) groups is 2. The van der Waals surface area contributed by atoms with E-state index in [0.29, 0.717) is 0 Å². The van der Waals surface area contributed by atoms with Crippen LogP contribution in [-0.4, -0.2) is 18.0 Å². The van der Waals surface area contributed by atoms with E-state index < -0.39 is 6.03 Å². The molecule has 5 heteroatoms. The van der Waals surface area contributed by atoms with Gasteiger partial charge in [-0.05, 0) is 37.2 Å². The van der Waals surface area contributed by atoms with Crippen LogP contribution < -0.4 is 16.4 Å². The molecule has 2 rings (SSSR count). The van der Waals surface area contributed by atoms with E-state index in [1.807, 2.05) is 30.3 Å². The Bertz CT molecular complexity index is 496. The molecule has 0 aromatic heterocycles. The normalized spacial score (nSPS) is 22.6. The average molecular weight is 303 g/mol. The molecular formula is C17H25N3O2. The number of primary amides is 1. The molecule has 1 aliphatic carbocycles. The maximum Gasteiger partial charge on any atom is 0.312 e. The van der Waals surface area contributed by atoms with Crippen LogP contribution in [0.1, 0.15) is 50.6 Å². The van der Waals surface area contributed by atoms with E-state index in [2.05, 4.69) is 17.6 Å². The van der Waals surface area contributed by atoms with E-state index in [1.54, 1.807) is 0 Å². The zero-order valence-electron chi connectivity index (χ0n) is 13.0. The van der Waals surface area contributed by atoms with E-state index in [9.17, 15) is 9.59 Å². The predicted octanol–water partition coefficient (Wildman–Crippen LogP) is 2.48. The molecular weight excluding hydrogens is 278 g/mol. The first-order valence-electron chi connectivity index (χ1n) is 7.95. The van der Waals surface area contributed by atoms with E-state index in [0.717, 1.165) is 37.2 Å². The van der Waals surface area contributed by atoms with Crippen molar-refractivity contribution in [2.75, 3.05) is 0 Å². The number of benzene rings is 1. The molecule has 120 valence electrons. The van der Waals surface area contributed by atoms with Gasteiger partial charge in [-0.3, -0.25) is 4.79 Å². The lowest BCUT2D eigenvalue weighted by Crippen LogP contribution is -2.41. The second-order valence-corrected chi connectivity index (χ2v) is 6.20. The van der Waals surface area contributed by atoms with Crippen LogP contribution in [-0.2, 0) is 4.79 Å². The Balaban J connectivity index is 1.92. The number of nitrogens with two attached hydrogens (primary N) is 1. The van der Waals surface area contributed by atoms with Crippen LogP contribution in [0, 0.1) is 5.92 Å². The van der Waals surface area contributed by atoms with Crippen molar-refractivity contribution in [1.29, 1.82) is 0 Å². The number of urea groups is 1. The third kappa shape index (κ3) is 5.06. The summed E-state index contributed by atoms with van der Waals surface area (Å²) in [5.41, 5.74) is 6.11. The number of rotatable bonds is 5. The van der Waals surface area contributed by atoms with E-state index in [1.165, 1.54) is 0 Å². The van der Waals surface area contributed by atoms with Crippen molar-refractivity contribution in [1.82, 2.24) is 10.6 Å². The lowest BCUT2D eigenvalue weighted by molar-refractivity contribution is -0.122. The minimum Gasteiger partial charge on any atom is -0.353 e. The lowest BCUT2D eigenvalue weighted by Gasteiger charge is -2.27. The SMILES string of the molecule is CC1CCC(NC(=O)C[C@H](NC(N)=O)c2ccccc2)CC1. The summed E-state index contributed by atoms with van der Waals surface area (Å²) >= 11 is 0. The summed E-state index contributed by atoms with van der Waals surface area (Å²) in [5, 5.41) is 5.73. The molecule has 1 atom stereocenters. The summed E-state index contributed by atoms with van der Waals surface area (Å²) in [7, 11) is 0. The molecule has 0 aliphatic heterocycles. The van der Waals surface area contributed by atoms with Gasteiger partial charge in [-0.15, -0.1) is 0 Å². The molecule has 3 amide bonds. The molecule has 0 saturated heterocycles. The zero-order valence-corrected chi connectivity index (χ0v) is 13.0. The maximum absolute atomic E-state index is 12.3. The Morgan fingerprint density at radius 1 is 1.18 bits per heavy atom. The first-order chi connectivity index (χ1) is 10.5. The number of amides is 3. The van der Waals surface area contributed by atoms with Crippen molar-refractivity contribution >= 4 is 11.9 Å². The highest BCUT2D eigenvalue weighted by Gasteiger charge is 2.22. The zero-order chi connectivity index (χ0) is 15.9. The van der Waals surface area contributed by atoms with Crippen LogP contribution in [0.5, 0.6) is 0 Å². The number of carbonyl (C=O) groups excluding carboxylic acids is 2. The largest absolute Gasteiger partial charge is 0.353 e.